The minimum atomic E-state index is -0.839. The molecule has 0 bridgehead atoms. The number of aromatic nitrogens is 1. The molecule has 100 valence electrons. The van der Waals surface area contributed by atoms with Gasteiger partial charge < -0.3 is 15.3 Å². The number of carbonyl (C=O) groups is 2. The summed E-state index contributed by atoms with van der Waals surface area (Å²) in [7, 11) is 3.39. The number of amides is 1. The van der Waals surface area contributed by atoms with E-state index in [2.05, 4.69) is 10.3 Å². The molecule has 18 heavy (non-hydrogen) atoms. The van der Waals surface area contributed by atoms with Gasteiger partial charge in [0, 0.05) is 25.9 Å². The van der Waals surface area contributed by atoms with E-state index < -0.39 is 5.97 Å². The van der Waals surface area contributed by atoms with Gasteiger partial charge in [0.15, 0.2) is 5.13 Å². The molecule has 0 saturated carbocycles. The molecular formula is C11H17N3O3S. The van der Waals surface area contributed by atoms with Crippen LogP contribution in [0.5, 0.6) is 0 Å². The van der Waals surface area contributed by atoms with E-state index in [4.69, 9.17) is 5.11 Å². The van der Waals surface area contributed by atoms with Crippen LogP contribution in [0.4, 0.5) is 5.13 Å². The van der Waals surface area contributed by atoms with E-state index in [1.165, 1.54) is 16.2 Å². The third-order valence-electron chi connectivity index (χ3n) is 2.30. The second-order valence-electron chi connectivity index (χ2n) is 4.14. The Hall–Kier alpha value is -1.63. The minimum absolute atomic E-state index is 0.0303. The van der Waals surface area contributed by atoms with Crippen LogP contribution in [0.3, 0.4) is 0 Å². The second kappa shape index (κ2) is 6.34. The van der Waals surface area contributed by atoms with E-state index in [0.29, 0.717) is 11.6 Å². The lowest BCUT2D eigenvalue weighted by molar-refractivity contribution is -0.137. The third kappa shape index (κ3) is 4.33. The number of likely N-dealkylation sites (N-methyl/N-ethyl adjacent to an activating group) is 1. The van der Waals surface area contributed by atoms with Gasteiger partial charge in [-0.1, -0.05) is 0 Å². The number of hydrogen-bond acceptors (Lipinski definition) is 5. The maximum atomic E-state index is 11.6. The Morgan fingerprint density at radius 2 is 2.22 bits per heavy atom. The molecular weight excluding hydrogens is 254 g/mol. The molecule has 0 radical (unpaired) electrons. The Balaban J connectivity index is 2.53. The summed E-state index contributed by atoms with van der Waals surface area (Å²) < 4.78 is 0. The van der Waals surface area contributed by atoms with Crippen molar-refractivity contribution in [1.29, 1.82) is 0 Å². The highest BCUT2D eigenvalue weighted by Gasteiger charge is 2.15. The van der Waals surface area contributed by atoms with E-state index in [1.807, 2.05) is 0 Å². The summed E-state index contributed by atoms with van der Waals surface area (Å²) in [6.07, 6.45) is 0.471. The molecule has 1 atom stereocenters. The highest BCUT2D eigenvalue weighted by molar-refractivity contribution is 7.13. The summed E-state index contributed by atoms with van der Waals surface area (Å²) in [4.78, 5) is 27.8. The first-order valence-corrected chi connectivity index (χ1v) is 6.42. The van der Waals surface area contributed by atoms with Crippen molar-refractivity contribution in [2.75, 3.05) is 19.4 Å². The number of carbonyl (C=O) groups excluding carboxylic acids is 1. The van der Waals surface area contributed by atoms with Crippen LogP contribution in [0, 0.1) is 0 Å². The molecule has 2 N–H and O–H groups in total. The molecule has 1 aromatic rings. The first-order chi connectivity index (χ1) is 8.40. The van der Waals surface area contributed by atoms with Crippen LogP contribution in [0.15, 0.2) is 5.38 Å². The third-order valence-corrected chi connectivity index (χ3v) is 3.12. The Morgan fingerprint density at radius 1 is 1.56 bits per heavy atom. The number of nitrogens with one attached hydrogen (secondary N) is 1. The highest BCUT2D eigenvalue weighted by Crippen LogP contribution is 2.17. The standard InChI is InChI=1S/C11H17N3O3S/c1-7(10(17)14(2)3)12-11-13-8(6-18-11)4-5-9(15)16/h6-7H,4-5H2,1-3H3,(H,12,13)(H,15,16). The number of anilines is 1. The zero-order valence-electron chi connectivity index (χ0n) is 10.6. The van der Waals surface area contributed by atoms with Gasteiger partial charge in [0.05, 0.1) is 12.1 Å². The zero-order chi connectivity index (χ0) is 13.7. The van der Waals surface area contributed by atoms with Crippen LogP contribution in [0.1, 0.15) is 19.0 Å². The van der Waals surface area contributed by atoms with Gasteiger partial charge in [-0.05, 0) is 6.92 Å². The Bertz CT molecular complexity index is 431. The van der Waals surface area contributed by atoms with Crippen LogP contribution in [0.25, 0.3) is 0 Å². The predicted octanol–water partition coefficient (Wildman–Crippen LogP) is 1.05. The lowest BCUT2D eigenvalue weighted by atomic mass is 10.2. The Morgan fingerprint density at radius 3 is 2.78 bits per heavy atom. The molecule has 1 amide bonds. The molecule has 6 nitrogen and oxygen atoms in total. The number of thiazole rings is 1. The quantitative estimate of drug-likeness (QED) is 0.808. The smallest absolute Gasteiger partial charge is 0.303 e. The maximum absolute atomic E-state index is 11.6. The summed E-state index contributed by atoms with van der Waals surface area (Å²) in [6.45, 7) is 1.76. The Labute approximate surface area is 110 Å². The van der Waals surface area contributed by atoms with Crippen LogP contribution in [0.2, 0.25) is 0 Å². The lowest BCUT2D eigenvalue weighted by Crippen LogP contribution is -2.36. The van der Waals surface area contributed by atoms with Gasteiger partial charge >= 0.3 is 5.97 Å². The molecule has 7 heteroatoms. The van der Waals surface area contributed by atoms with Crippen molar-refractivity contribution in [1.82, 2.24) is 9.88 Å². The van der Waals surface area contributed by atoms with Gasteiger partial charge in [-0.3, -0.25) is 9.59 Å². The molecule has 0 aliphatic carbocycles. The SMILES string of the molecule is CC(Nc1nc(CCC(=O)O)cs1)C(=O)N(C)C. The first kappa shape index (κ1) is 14.4. The fraction of sp³-hybridized carbons (Fsp3) is 0.545. The normalized spacial score (nSPS) is 11.9. The van der Waals surface area contributed by atoms with Crippen LogP contribution in [-0.2, 0) is 16.0 Å². The summed E-state index contributed by atoms with van der Waals surface area (Å²) in [5, 5.41) is 14.0. The summed E-state index contributed by atoms with van der Waals surface area (Å²) in [5.41, 5.74) is 0.731. The summed E-state index contributed by atoms with van der Waals surface area (Å²) in [6, 6.07) is -0.349. The van der Waals surface area contributed by atoms with Gasteiger partial charge in [-0.15, -0.1) is 11.3 Å². The highest BCUT2D eigenvalue weighted by atomic mass is 32.1. The topological polar surface area (TPSA) is 82.5 Å². The minimum Gasteiger partial charge on any atom is -0.481 e. The molecule has 1 unspecified atom stereocenters. The number of aryl methyl sites for hydroxylation is 1. The maximum Gasteiger partial charge on any atom is 0.303 e. The average Bonchev–Trinajstić information content (AvgIpc) is 2.72. The van der Waals surface area contributed by atoms with Crippen molar-refractivity contribution < 1.29 is 14.7 Å². The zero-order valence-corrected chi connectivity index (χ0v) is 11.5. The van der Waals surface area contributed by atoms with Crippen molar-refractivity contribution in [2.24, 2.45) is 0 Å². The van der Waals surface area contributed by atoms with Crippen LogP contribution >= 0.6 is 11.3 Å². The van der Waals surface area contributed by atoms with Gasteiger partial charge in [0.25, 0.3) is 0 Å². The molecule has 0 aliphatic heterocycles. The van der Waals surface area contributed by atoms with Crippen molar-refractivity contribution in [3.05, 3.63) is 11.1 Å². The fourth-order valence-corrected chi connectivity index (χ4v) is 2.19. The number of carboxylic acids is 1. The second-order valence-corrected chi connectivity index (χ2v) is 4.99. The van der Waals surface area contributed by atoms with E-state index >= 15 is 0 Å². The van der Waals surface area contributed by atoms with Crippen molar-refractivity contribution in [3.63, 3.8) is 0 Å². The number of hydrogen-bond donors (Lipinski definition) is 2. The van der Waals surface area contributed by atoms with Crippen molar-refractivity contribution in [2.45, 2.75) is 25.8 Å². The van der Waals surface area contributed by atoms with E-state index in [-0.39, 0.29) is 18.4 Å². The Kier molecular flexibility index (Phi) is 5.08. The number of rotatable bonds is 6. The molecule has 0 spiro atoms. The van der Waals surface area contributed by atoms with Gasteiger partial charge in [0.2, 0.25) is 5.91 Å². The molecule has 1 aromatic heterocycles. The van der Waals surface area contributed by atoms with Crippen LogP contribution in [-0.4, -0.2) is 47.0 Å². The molecule has 0 aliphatic rings. The fourth-order valence-electron chi connectivity index (χ4n) is 1.36. The molecule has 0 aromatic carbocycles. The molecule has 0 saturated heterocycles. The monoisotopic (exact) mass is 271 g/mol. The molecule has 1 heterocycles. The van der Waals surface area contributed by atoms with Crippen molar-refractivity contribution >= 4 is 28.3 Å². The lowest BCUT2D eigenvalue weighted by Gasteiger charge is -2.17. The number of nitrogens with zero attached hydrogens (tertiary/aromatic N) is 2. The van der Waals surface area contributed by atoms with Gasteiger partial charge in [-0.2, -0.15) is 0 Å². The van der Waals surface area contributed by atoms with E-state index in [0.717, 1.165) is 5.69 Å². The van der Waals surface area contributed by atoms with Crippen LogP contribution < -0.4 is 5.32 Å². The predicted molar refractivity (Wildman–Crippen MR) is 69.8 cm³/mol. The number of carboxylic acid groups (broad SMARTS) is 1. The summed E-state index contributed by atoms with van der Waals surface area (Å²) in [5.74, 6) is -0.869. The largest absolute Gasteiger partial charge is 0.481 e. The van der Waals surface area contributed by atoms with Crippen molar-refractivity contribution in [3.8, 4) is 0 Å². The molecule has 0 fully saturated rings. The summed E-state index contributed by atoms with van der Waals surface area (Å²) >= 11 is 1.37. The van der Waals surface area contributed by atoms with Gasteiger partial charge in [0.1, 0.15) is 6.04 Å². The van der Waals surface area contributed by atoms with E-state index in [9.17, 15) is 9.59 Å². The van der Waals surface area contributed by atoms with Gasteiger partial charge in [-0.25, -0.2) is 4.98 Å². The average molecular weight is 271 g/mol. The first-order valence-electron chi connectivity index (χ1n) is 5.54. The number of aliphatic carboxylic acids is 1. The van der Waals surface area contributed by atoms with E-state index in [1.54, 1.807) is 26.4 Å². The molecule has 1 rings (SSSR count).